The van der Waals surface area contributed by atoms with Crippen molar-refractivity contribution in [1.29, 1.82) is 0 Å². The molecule has 0 amide bonds. The van der Waals surface area contributed by atoms with Crippen molar-refractivity contribution < 1.29 is 4.42 Å². The summed E-state index contributed by atoms with van der Waals surface area (Å²) in [5.41, 5.74) is 4.28. The van der Waals surface area contributed by atoms with Gasteiger partial charge in [0.2, 0.25) is 0 Å². The Kier molecular flexibility index (Phi) is 3.75. The van der Waals surface area contributed by atoms with Crippen molar-refractivity contribution in [2.75, 3.05) is 5.32 Å². The fourth-order valence-electron chi connectivity index (χ4n) is 2.73. The smallest absolute Gasteiger partial charge is 0.299 e. The average molecular weight is 318 g/mol. The summed E-state index contributed by atoms with van der Waals surface area (Å²) in [5.74, 6) is 0.755. The predicted octanol–water partition coefficient (Wildman–Crippen LogP) is 4.91. The minimum atomic E-state index is 0.477. The Morgan fingerprint density at radius 3 is 2.79 bits per heavy atom. The van der Waals surface area contributed by atoms with Crippen LogP contribution in [-0.2, 0) is 6.42 Å². The summed E-state index contributed by atoms with van der Waals surface area (Å²) in [6.07, 6.45) is 5.78. The van der Waals surface area contributed by atoms with Gasteiger partial charge in [-0.2, -0.15) is 5.10 Å². The van der Waals surface area contributed by atoms with E-state index < -0.39 is 0 Å². The van der Waals surface area contributed by atoms with Gasteiger partial charge in [0.15, 0.2) is 5.76 Å². The third kappa shape index (κ3) is 2.88. The van der Waals surface area contributed by atoms with Gasteiger partial charge in [0.25, 0.3) is 6.01 Å². The highest BCUT2D eigenvalue weighted by Gasteiger charge is 2.07. The second-order valence-electron chi connectivity index (χ2n) is 5.77. The highest BCUT2D eigenvalue weighted by atomic mass is 16.4. The van der Waals surface area contributed by atoms with E-state index in [0.717, 1.165) is 40.8 Å². The molecular formula is C19H18N4O. The summed E-state index contributed by atoms with van der Waals surface area (Å²) >= 11 is 0. The number of aryl methyl sites for hydroxylation is 1. The molecule has 2 aromatic heterocycles. The number of H-pyrrole nitrogens is 1. The van der Waals surface area contributed by atoms with Crippen molar-refractivity contribution >= 4 is 22.6 Å². The number of nitrogens with one attached hydrogen (secondary N) is 2. The molecule has 4 rings (SSSR count). The first kappa shape index (κ1) is 14.5. The summed E-state index contributed by atoms with van der Waals surface area (Å²) < 4.78 is 5.82. The van der Waals surface area contributed by atoms with Crippen LogP contribution in [-0.4, -0.2) is 15.2 Å². The van der Waals surface area contributed by atoms with Gasteiger partial charge in [-0.3, -0.25) is 5.10 Å². The lowest BCUT2D eigenvalue weighted by atomic mass is 10.1. The van der Waals surface area contributed by atoms with Gasteiger partial charge >= 0.3 is 0 Å². The van der Waals surface area contributed by atoms with Crippen molar-refractivity contribution in [3.63, 3.8) is 0 Å². The maximum atomic E-state index is 5.82. The normalized spacial score (nSPS) is 11.0. The number of anilines is 2. The van der Waals surface area contributed by atoms with Crippen LogP contribution < -0.4 is 5.32 Å². The zero-order valence-electron chi connectivity index (χ0n) is 13.4. The molecule has 0 unspecified atom stereocenters. The number of benzene rings is 2. The number of oxazole rings is 1. The van der Waals surface area contributed by atoms with E-state index in [4.69, 9.17) is 4.42 Å². The largest absolute Gasteiger partial charge is 0.423 e. The first-order chi connectivity index (χ1) is 11.8. The topological polar surface area (TPSA) is 66.7 Å². The molecule has 5 nitrogen and oxygen atoms in total. The molecule has 4 aromatic rings. The Morgan fingerprint density at radius 1 is 1.08 bits per heavy atom. The van der Waals surface area contributed by atoms with Gasteiger partial charge in [0.1, 0.15) is 0 Å². The van der Waals surface area contributed by atoms with Gasteiger partial charge in [-0.25, -0.2) is 4.98 Å². The van der Waals surface area contributed by atoms with E-state index in [1.165, 1.54) is 5.56 Å². The van der Waals surface area contributed by atoms with Gasteiger partial charge in [-0.05, 0) is 30.2 Å². The SMILES string of the molecule is CCCc1ccc(-c2cnc(Nc3ccc4[nH]ncc4c3)o2)cc1. The molecule has 0 spiro atoms. The van der Waals surface area contributed by atoms with E-state index in [1.807, 2.05) is 18.2 Å². The lowest BCUT2D eigenvalue weighted by Gasteiger charge is -2.02. The number of hydrogen-bond donors (Lipinski definition) is 2. The minimum absolute atomic E-state index is 0.477. The maximum Gasteiger partial charge on any atom is 0.299 e. The number of fused-ring (bicyclic) bond motifs is 1. The van der Waals surface area contributed by atoms with Crippen molar-refractivity contribution in [1.82, 2.24) is 15.2 Å². The van der Waals surface area contributed by atoms with E-state index in [1.54, 1.807) is 12.4 Å². The number of aromatic amines is 1. The molecule has 0 saturated carbocycles. The van der Waals surface area contributed by atoms with Crippen molar-refractivity contribution in [2.24, 2.45) is 0 Å². The first-order valence-corrected chi connectivity index (χ1v) is 8.07. The highest BCUT2D eigenvalue weighted by Crippen LogP contribution is 2.26. The highest BCUT2D eigenvalue weighted by molar-refractivity contribution is 5.82. The standard InChI is InChI=1S/C19H18N4O/c1-2-3-13-4-6-14(7-5-13)18-12-20-19(24-18)22-16-8-9-17-15(10-16)11-21-23-17/h4-12H,2-3H2,1H3,(H,20,22)(H,21,23). The van der Waals surface area contributed by atoms with Gasteiger partial charge < -0.3 is 9.73 Å². The van der Waals surface area contributed by atoms with Crippen LogP contribution in [0.3, 0.4) is 0 Å². The van der Waals surface area contributed by atoms with Crippen LogP contribution in [0.25, 0.3) is 22.2 Å². The van der Waals surface area contributed by atoms with Crippen molar-refractivity contribution in [3.8, 4) is 11.3 Å². The molecule has 2 heterocycles. The van der Waals surface area contributed by atoms with Crippen LogP contribution in [0.4, 0.5) is 11.7 Å². The minimum Gasteiger partial charge on any atom is -0.423 e. The number of aromatic nitrogens is 3. The molecular weight excluding hydrogens is 300 g/mol. The summed E-state index contributed by atoms with van der Waals surface area (Å²) in [7, 11) is 0. The molecule has 0 bridgehead atoms. The summed E-state index contributed by atoms with van der Waals surface area (Å²) in [4.78, 5) is 4.31. The van der Waals surface area contributed by atoms with Gasteiger partial charge in [0, 0.05) is 16.6 Å². The molecule has 2 aromatic carbocycles. The molecule has 0 fully saturated rings. The number of rotatable bonds is 5. The van der Waals surface area contributed by atoms with Crippen LogP contribution in [0.5, 0.6) is 0 Å². The van der Waals surface area contributed by atoms with Crippen LogP contribution in [0.15, 0.2) is 59.3 Å². The molecule has 120 valence electrons. The quantitative estimate of drug-likeness (QED) is 0.548. The molecule has 0 aliphatic rings. The third-order valence-corrected chi connectivity index (χ3v) is 3.97. The Balaban J connectivity index is 1.53. The molecule has 5 heteroatoms. The molecule has 0 aliphatic heterocycles. The fraction of sp³-hybridized carbons (Fsp3) is 0.158. The monoisotopic (exact) mass is 318 g/mol. The molecule has 0 aliphatic carbocycles. The Hall–Kier alpha value is -3.08. The number of hydrogen-bond acceptors (Lipinski definition) is 4. The Morgan fingerprint density at radius 2 is 1.96 bits per heavy atom. The maximum absolute atomic E-state index is 5.82. The molecule has 0 radical (unpaired) electrons. The number of nitrogens with zero attached hydrogens (tertiary/aromatic N) is 2. The van der Waals surface area contributed by atoms with Crippen molar-refractivity contribution in [2.45, 2.75) is 19.8 Å². The van der Waals surface area contributed by atoms with Crippen LogP contribution in [0, 0.1) is 0 Å². The van der Waals surface area contributed by atoms with Crippen LogP contribution >= 0.6 is 0 Å². The summed E-state index contributed by atoms with van der Waals surface area (Å²) in [6.45, 7) is 2.18. The average Bonchev–Trinajstić information content (AvgIpc) is 3.25. The summed E-state index contributed by atoms with van der Waals surface area (Å²) in [6, 6.07) is 14.8. The third-order valence-electron chi connectivity index (χ3n) is 3.97. The van der Waals surface area contributed by atoms with Gasteiger partial charge in [-0.15, -0.1) is 0 Å². The first-order valence-electron chi connectivity index (χ1n) is 8.07. The zero-order valence-corrected chi connectivity index (χ0v) is 13.4. The van der Waals surface area contributed by atoms with Gasteiger partial charge in [0.05, 0.1) is 17.9 Å². The summed E-state index contributed by atoms with van der Waals surface area (Å²) in [5, 5.41) is 11.2. The van der Waals surface area contributed by atoms with Crippen molar-refractivity contribution in [3.05, 3.63) is 60.4 Å². The molecule has 0 atom stereocenters. The van der Waals surface area contributed by atoms with Crippen LogP contribution in [0.2, 0.25) is 0 Å². The lowest BCUT2D eigenvalue weighted by Crippen LogP contribution is -1.89. The van der Waals surface area contributed by atoms with Crippen LogP contribution in [0.1, 0.15) is 18.9 Å². The Labute approximate surface area is 139 Å². The van der Waals surface area contributed by atoms with Gasteiger partial charge in [-0.1, -0.05) is 37.6 Å². The molecule has 2 N–H and O–H groups in total. The zero-order chi connectivity index (χ0) is 16.4. The van der Waals surface area contributed by atoms with E-state index in [2.05, 4.69) is 51.7 Å². The fourth-order valence-corrected chi connectivity index (χ4v) is 2.73. The second-order valence-corrected chi connectivity index (χ2v) is 5.77. The van der Waals surface area contributed by atoms with E-state index >= 15 is 0 Å². The predicted molar refractivity (Wildman–Crippen MR) is 95.3 cm³/mol. The van der Waals surface area contributed by atoms with E-state index in [0.29, 0.717) is 6.01 Å². The molecule has 0 saturated heterocycles. The molecule has 24 heavy (non-hydrogen) atoms. The van der Waals surface area contributed by atoms with E-state index in [9.17, 15) is 0 Å². The second kappa shape index (κ2) is 6.20. The van der Waals surface area contributed by atoms with E-state index in [-0.39, 0.29) is 0 Å². The lowest BCUT2D eigenvalue weighted by molar-refractivity contribution is 0.592. The Bertz CT molecular complexity index is 953.